The highest BCUT2D eigenvalue weighted by Gasteiger charge is 2.19. The summed E-state index contributed by atoms with van der Waals surface area (Å²) >= 11 is 0. The van der Waals surface area contributed by atoms with Crippen molar-refractivity contribution >= 4 is 23.4 Å². The monoisotopic (exact) mass is 460 g/mol. The lowest BCUT2D eigenvalue weighted by Crippen LogP contribution is -2.43. The molecule has 1 fully saturated rings. The van der Waals surface area contributed by atoms with E-state index in [9.17, 15) is 9.18 Å². The topological polar surface area (TPSA) is 59.4 Å². The molecule has 1 N–H and O–H groups in total. The van der Waals surface area contributed by atoms with E-state index in [0.717, 1.165) is 49.1 Å². The van der Waals surface area contributed by atoms with Crippen LogP contribution in [0.2, 0.25) is 0 Å². The van der Waals surface area contributed by atoms with Gasteiger partial charge >= 0.3 is 0 Å². The van der Waals surface area contributed by atoms with Crippen molar-refractivity contribution in [2.24, 2.45) is 0 Å². The number of nitrogens with zero attached hydrogens (tertiary/aromatic N) is 3. The van der Waals surface area contributed by atoms with Gasteiger partial charge in [-0.1, -0.05) is 12.1 Å². The molecule has 6 nitrogen and oxygen atoms in total. The minimum absolute atomic E-state index is 0. The van der Waals surface area contributed by atoms with E-state index in [4.69, 9.17) is 4.74 Å². The highest BCUT2D eigenvalue weighted by molar-refractivity contribution is 5.85. The molecule has 0 aliphatic carbocycles. The molecule has 1 aliphatic heterocycles. The van der Waals surface area contributed by atoms with Gasteiger partial charge in [-0.25, -0.2) is 4.39 Å². The van der Waals surface area contributed by atoms with Crippen molar-refractivity contribution in [3.8, 4) is 5.75 Å². The van der Waals surface area contributed by atoms with Gasteiger partial charge in [-0.15, -0.1) is 12.4 Å². The van der Waals surface area contributed by atoms with E-state index in [-0.39, 0.29) is 23.8 Å². The second-order valence-corrected chi connectivity index (χ2v) is 8.18. The summed E-state index contributed by atoms with van der Waals surface area (Å²) in [5.41, 5.74) is 3.22. The fourth-order valence-electron chi connectivity index (χ4n) is 4.10. The quantitative estimate of drug-likeness (QED) is 0.584. The summed E-state index contributed by atoms with van der Waals surface area (Å²) < 4.78 is 20.8. The van der Waals surface area contributed by atoms with Crippen LogP contribution in [-0.4, -0.2) is 47.2 Å². The maximum atomic E-state index is 13.7. The number of nitrogens with one attached hydrogen (secondary N) is 1. The van der Waals surface area contributed by atoms with E-state index in [0.29, 0.717) is 30.4 Å². The van der Waals surface area contributed by atoms with Gasteiger partial charge in [-0.05, 0) is 56.1 Å². The average Bonchev–Trinajstić information content (AvgIpc) is 2.79. The molecule has 3 heterocycles. The van der Waals surface area contributed by atoms with Gasteiger partial charge in [0.1, 0.15) is 11.6 Å². The number of fused-ring (bicyclic) bond motifs is 1. The van der Waals surface area contributed by atoms with E-state index in [1.807, 2.05) is 18.2 Å². The number of piperidine rings is 1. The standard InChI is InChI=1S/C24H29FN4O2.ClH/c1-17-3-4-18(13-21(17)25)15-26-19-7-9-28(10-8-19)11-12-29-23-14-20(31-2)16-27-22(23)5-6-24(29)30;/h3-6,13-14,16,19,26H,7-12,15H2,1-2H3;1H. The molecule has 1 aliphatic rings. The molecule has 8 heteroatoms. The molecule has 172 valence electrons. The Labute approximate surface area is 193 Å². The fraction of sp³-hybridized carbons (Fsp3) is 0.417. The number of pyridine rings is 2. The minimum Gasteiger partial charge on any atom is -0.495 e. The molecule has 0 unspecified atom stereocenters. The Morgan fingerprint density at radius 3 is 2.66 bits per heavy atom. The fourth-order valence-corrected chi connectivity index (χ4v) is 4.10. The summed E-state index contributed by atoms with van der Waals surface area (Å²) in [6.45, 7) is 5.84. The van der Waals surface area contributed by atoms with Crippen molar-refractivity contribution in [1.29, 1.82) is 0 Å². The van der Waals surface area contributed by atoms with Gasteiger partial charge in [-0.3, -0.25) is 9.78 Å². The molecule has 0 spiro atoms. The SMILES string of the molecule is COc1cnc2ccc(=O)n(CCN3CCC(NCc4ccc(C)c(F)c4)CC3)c2c1.Cl. The summed E-state index contributed by atoms with van der Waals surface area (Å²) in [7, 11) is 1.60. The van der Waals surface area contributed by atoms with Crippen molar-refractivity contribution in [3.63, 3.8) is 0 Å². The van der Waals surface area contributed by atoms with Gasteiger partial charge in [0.15, 0.2) is 0 Å². The van der Waals surface area contributed by atoms with Gasteiger partial charge < -0.3 is 19.5 Å². The molecule has 2 aromatic heterocycles. The first kappa shape index (κ1) is 24.2. The number of hydrogen-bond donors (Lipinski definition) is 1. The van der Waals surface area contributed by atoms with Gasteiger partial charge in [0.2, 0.25) is 0 Å². The van der Waals surface area contributed by atoms with Crippen molar-refractivity contribution in [3.05, 3.63) is 69.9 Å². The van der Waals surface area contributed by atoms with E-state index >= 15 is 0 Å². The number of likely N-dealkylation sites (tertiary alicyclic amines) is 1. The summed E-state index contributed by atoms with van der Waals surface area (Å²) in [5, 5.41) is 3.55. The predicted octanol–water partition coefficient (Wildman–Crippen LogP) is 3.53. The lowest BCUT2D eigenvalue weighted by Gasteiger charge is -2.32. The maximum absolute atomic E-state index is 13.7. The van der Waals surface area contributed by atoms with Crippen LogP contribution >= 0.6 is 12.4 Å². The smallest absolute Gasteiger partial charge is 0.251 e. The molecular formula is C24H30ClFN4O2. The van der Waals surface area contributed by atoms with Crippen LogP contribution in [0, 0.1) is 12.7 Å². The zero-order chi connectivity index (χ0) is 21.8. The first-order valence-electron chi connectivity index (χ1n) is 10.8. The summed E-state index contributed by atoms with van der Waals surface area (Å²) in [5.74, 6) is 0.498. The van der Waals surface area contributed by atoms with Crippen LogP contribution in [0.3, 0.4) is 0 Å². The van der Waals surface area contributed by atoms with E-state index in [1.54, 1.807) is 43.0 Å². The van der Waals surface area contributed by atoms with Crippen molar-refractivity contribution in [1.82, 2.24) is 19.8 Å². The molecule has 0 atom stereocenters. The lowest BCUT2D eigenvalue weighted by molar-refractivity contribution is 0.191. The summed E-state index contributed by atoms with van der Waals surface area (Å²) in [6.07, 6.45) is 3.74. The summed E-state index contributed by atoms with van der Waals surface area (Å²) in [4.78, 5) is 19.2. The normalized spacial score (nSPS) is 15.0. The van der Waals surface area contributed by atoms with Crippen molar-refractivity contribution < 1.29 is 9.13 Å². The Bertz CT molecular complexity index is 1110. The number of ether oxygens (including phenoxy) is 1. The largest absolute Gasteiger partial charge is 0.495 e. The van der Waals surface area contributed by atoms with Crippen LogP contribution in [0.4, 0.5) is 4.39 Å². The van der Waals surface area contributed by atoms with E-state index < -0.39 is 0 Å². The zero-order valence-corrected chi connectivity index (χ0v) is 19.3. The molecule has 32 heavy (non-hydrogen) atoms. The van der Waals surface area contributed by atoms with Crippen LogP contribution in [0.1, 0.15) is 24.0 Å². The number of methoxy groups -OCH3 is 1. The number of benzene rings is 1. The lowest BCUT2D eigenvalue weighted by atomic mass is 10.0. The van der Waals surface area contributed by atoms with E-state index in [1.165, 1.54) is 0 Å². The number of hydrogen-bond acceptors (Lipinski definition) is 5. The first-order chi connectivity index (χ1) is 15.0. The van der Waals surface area contributed by atoms with Gasteiger partial charge in [0.05, 0.1) is 24.3 Å². The van der Waals surface area contributed by atoms with Crippen LogP contribution in [0.15, 0.2) is 47.4 Å². The van der Waals surface area contributed by atoms with Crippen molar-refractivity contribution in [2.75, 3.05) is 26.7 Å². The second-order valence-electron chi connectivity index (χ2n) is 8.18. The molecule has 0 saturated carbocycles. The summed E-state index contributed by atoms with van der Waals surface area (Å²) in [6, 6.07) is 11.0. The van der Waals surface area contributed by atoms with Crippen LogP contribution in [0.5, 0.6) is 5.75 Å². The molecule has 0 amide bonds. The minimum atomic E-state index is -0.148. The Kier molecular flexibility index (Phi) is 8.23. The molecular weight excluding hydrogens is 431 g/mol. The van der Waals surface area contributed by atoms with Gasteiger partial charge in [-0.2, -0.15) is 0 Å². The molecule has 1 saturated heterocycles. The number of halogens is 2. The Balaban J connectivity index is 0.00000289. The molecule has 3 aromatic rings. The average molecular weight is 461 g/mol. The van der Waals surface area contributed by atoms with Crippen LogP contribution < -0.4 is 15.6 Å². The Morgan fingerprint density at radius 2 is 1.94 bits per heavy atom. The highest BCUT2D eigenvalue weighted by atomic mass is 35.5. The number of rotatable bonds is 7. The van der Waals surface area contributed by atoms with Gasteiger partial charge in [0, 0.05) is 37.8 Å². The predicted molar refractivity (Wildman–Crippen MR) is 127 cm³/mol. The Morgan fingerprint density at radius 1 is 1.16 bits per heavy atom. The third-order valence-electron chi connectivity index (χ3n) is 6.11. The molecule has 1 aromatic carbocycles. The number of aromatic nitrogens is 2. The van der Waals surface area contributed by atoms with Crippen LogP contribution in [0.25, 0.3) is 11.0 Å². The van der Waals surface area contributed by atoms with E-state index in [2.05, 4.69) is 15.2 Å². The molecule has 0 radical (unpaired) electrons. The third-order valence-corrected chi connectivity index (χ3v) is 6.11. The molecule has 4 rings (SSSR count). The van der Waals surface area contributed by atoms with Crippen LogP contribution in [-0.2, 0) is 13.1 Å². The highest BCUT2D eigenvalue weighted by Crippen LogP contribution is 2.17. The van der Waals surface area contributed by atoms with Crippen molar-refractivity contribution in [2.45, 2.75) is 38.9 Å². The zero-order valence-electron chi connectivity index (χ0n) is 18.5. The second kappa shape index (κ2) is 10.9. The Hall–Kier alpha value is -2.48. The molecule has 0 bridgehead atoms. The maximum Gasteiger partial charge on any atom is 0.251 e. The third kappa shape index (κ3) is 5.65. The number of aryl methyl sites for hydroxylation is 1. The first-order valence-corrected chi connectivity index (χ1v) is 10.8. The van der Waals surface area contributed by atoms with Gasteiger partial charge in [0.25, 0.3) is 5.56 Å².